The van der Waals surface area contributed by atoms with Gasteiger partial charge < -0.3 is 20.3 Å². The summed E-state index contributed by atoms with van der Waals surface area (Å²) in [5.41, 5.74) is 2.05. The van der Waals surface area contributed by atoms with E-state index in [1.54, 1.807) is 26.8 Å². The van der Waals surface area contributed by atoms with Crippen LogP contribution in [0.4, 0.5) is 4.79 Å². The number of aliphatic hydroxyl groups is 2. The fourth-order valence-corrected chi connectivity index (χ4v) is 1.98. The minimum Gasteiger partial charge on any atom is -0.444 e. The van der Waals surface area contributed by atoms with Gasteiger partial charge >= 0.3 is 6.09 Å². The summed E-state index contributed by atoms with van der Waals surface area (Å²) in [6.07, 6.45) is -2.77. The molecule has 0 spiro atoms. The van der Waals surface area contributed by atoms with Gasteiger partial charge in [0.15, 0.2) is 0 Å². The quantitative estimate of drug-likeness (QED) is 0.796. The molecule has 118 valence electrons. The summed E-state index contributed by atoms with van der Waals surface area (Å²) in [5, 5.41) is 22.6. The van der Waals surface area contributed by atoms with Gasteiger partial charge in [0, 0.05) is 6.54 Å². The van der Waals surface area contributed by atoms with Crippen LogP contribution in [-0.4, -0.2) is 34.6 Å². The Morgan fingerprint density at radius 1 is 1.29 bits per heavy atom. The molecule has 21 heavy (non-hydrogen) atoms. The third-order valence-electron chi connectivity index (χ3n) is 2.96. The number of nitrogens with one attached hydrogen (secondary N) is 1. The first kappa shape index (κ1) is 17.5. The predicted octanol–water partition coefficient (Wildman–Crippen LogP) is 2.22. The number of ether oxygens (including phenoxy) is 1. The van der Waals surface area contributed by atoms with Crippen LogP contribution in [0.25, 0.3) is 0 Å². The summed E-state index contributed by atoms with van der Waals surface area (Å²) >= 11 is 0. The molecule has 0 aliphatic heterocycles. The van der Waals surface area contributed by atoms with Crippen LogP contribution < -0.4 is 5.32 Å². The number of alkyl carbamates (subject to hydrolysis) is 1. The Kier molecular flexibility index (Phi) is 5.75. The lowest BCUT2D eigenvalue weighted by atomic mass is 9.98. The van der Waals surface area contributed by atoms with Gasteiger partial charge in [-0.05, 0) is 45.7 Å². The Morgan fingerprint density at radius 2 is 1.90 bits per heavy atom. The number of hydrogen-bond acceptors (Lipinski definition) is 4. The zero-order valence-corrected chi connectivity index (χ0v) is 13.3. The summed E-state index contributed by atoms with van der Waals surface area (Å²) in [4.78, 5) is 11.5. The predicted molar refractivity (Wildman–Crippen MR) is 81.1 cm³/mol. The fraction of sp³-hybridized carbons (Fsp3) is 0.562. The molecule has 0 fully saturated rings. The second-order valence-electron chi connectivity index (χ2n) is 6.26. The molecule has 0 saturated heterocycles. The number of carbonyl (C=O) groups is 1. The van der Waals surface area contributed by atoms with E-state index in [0.29, 0.717) is 5.56 Å². The Labute approximate surface area is 125 Å². The molecule has 1 rings (SSSR count). The van der Waals surface area contributed by atoms with Crippen LogP contribution in [0.15, 0.2) is 18.2 Å². The molecule has 0 heterocycles. The van der Waals surface area contributed by atoms with E-state index in [2.05, 4.69) is 5.32 Å². The fourth-order valence-electron chi connectivity index (χ4n) is 1.98. The van der Waals surface area contributed by atoms with Crippen molar-refractivity contribution in [3.05, 3.63) is 34.9 Å². The molecule has 5 heteroatoms. The monoisotopic (exact) mass is 295 g/mol. The molecule has 1 amide bonds. The van der Waals surface area contributed by atoms with Crippen LogP contribution in [0, 0.1) is 13.8 Å². The van der Waals surface area contributed by atoms with Crippen molar-refractivity contribution in [1.82, 2.24) is 5.32 Å². The van der Waals surface area contributed by atoms with E-state index in [-0.39, 0.29) is 6.54 Å². The Morgan fingerprint density at radius 3 is 2.43 bits per heavy atom. The Bertz CT molecular complexity index is 494. The molecule has 0 bridgehead atoms. The van der Waals surface area contributed by atoms with Gasteiger partial charge in [-0.15, -0.1) is 0 Å². The lowest BCUT2D eigenvalue weighted by Crippen LogP contribution is -2.39. The second kappa shape index (κ2) is 6.91. The van der Waals surface area contributed by atoms with Crippen molar-refractivity contribution in [2.45, 2.75) is 52.4 Å². The van der Waals surface area contributed by atoms with Gasteiger partial charge in [-0.25, -0.2) is 4.79 Å². The van der Waals surface area contributed by atoms with E-state index in [9.17, 15) is 15.0 Å². The Hall–Kier alpha value is -1.59. The summed E-state index contributed by atoms with van der Waals surface area (Å²) in [6.45, 7) is 9.03. The van der Waals surface area contributed by atoms with Crippen molar-refractivity contribution in [1.29, 1.82) is 0 Å². The van der Waals surface area contributed by atoms with Crippen LogP contribution in [0.5, 0.6) is 0 Å². The molecule has 3 N–H and O–H groups in total. The van der Waals surface area contributed by atoms with Crippen molar-refractivity contribution >= 4 is 6.09 Å². The highest BCUT2D eigenvalue weighted by Crippen LogP contribution is 2.21. The van der Waals surface area contributed by atoms with E-state index >= 15 is 0 Å². The number of carbonyl (C=O) groups excluding carboxylic acids is 1. The average Bonchev–Trinajstić information content (AvgIpc) is 2.33. The minimum absolute atomic E-state index is 0.0800. The normalized spacial score (nSPS) is 14.4. The SMILES string of the molecule is Cc1ccc(C(O)C(O)CNC(=O)OC(C)(C)C)c(C)c1. The molecule has 2 atom stereocenters. The molecule has 5 nitrogen and oxygen atoms in total. The molecule has 0 saturated carbocycles. The van der Waals surface area contributed by atoms with Crippen LogP contribution in [0.1, 0.15) is 43.6 Å². The van der Waals surface area contributed by atoms with Gasteiger partial charge in [0.2, 0.25) is 0 Å². The minimum atomic E-state index is -1.10. The summed E-state index contributed by atoms with van der Waals surface area (Å²) in [7, 11) is 0. The maximum absolute atomic E-state index is 11.5. The highest BCUT2D eigenvalue weighted by atomic mass is 16.6. The zero-order valence-electron chi connectivity index (χ0n) is 13.3. The molecule has 0 aromatic heterocycles. The van der Waals surface area contributed by atoms with Crippen molar-refractivity contribution < 1.29 is 19.7 Å². The van der Waals surface area contributed by atoms with E-state index in [1.165, 1.54) is 0 Å². The molecule has 0 aliphatic carbocycles. The smallest absolute Gasteiger partial charge is 0.407 e. The third-order valence-corrected chi connectivity index (χ3v) is 2.96. The standard InChI is InChI=1S/C16H25NO4/c1-10-6-7-12(11(2)8-10)14(19)13(18)9-17-15(20)21-16(3,4)5/h6-8,13-14,18-19H,9H2,1-5H3,(H,17,20). The van der Waals surface area contributed by atoms with Crippen molar-refractivity contribution in [2.24, 2.45) is 0 Å². The maximum Gasteiger partial charge on any atom is 0.407 e. The lowest BCUT2D eigenvalue weighted by Gasteiger charge is -2.23. The number of amides is 1. The zero-order chi connectivity index (χ0) is 16.2. The van der Waals surface area contributed by atoms with Crippen LogP contribution in [-0.2, 0) is 4.74 Å². The third kappa shape index (κ3) is 5.73. The van der Waals surface area contributed by atoms with Crippen LogP contribution in [0.3, 0.4) is 0 Å². The molecule has 1 aromatic carbocycles. The van der Waals surface area contributed by atoms with Crippen molar-refractivity contribution in [2.75, 3.05) is 6.54 Å². The van der Waals surface area contributed by atoms with E-state index in [1.807, 2.05) is 26.0 Å². The molecule has 0 radical (unpaired) electrons. The topological polar surface area (TPSA) is 78.8 Å². The van der Waals surface area contributed by atoms with Gasteiger partial charge in [-0.1, -0.05) is 23.8 Å². The van der Waals surface area contributed by atoms with Crippen molar-refractivity contribution in [3.63, 3.8) is 0 Å². The highest BCUT2D eigenvalue weighted by Gasteiger charge is 2.22. The van der Waals surface area contributed by atoms with Gasteiger partial charge in [-0.2, -0.15) is 0 Å². The average molecular weight is 295 g/mol. The van der Waals surface area contributed by atoms with E-state index < -0.39 is 23.9 Å². The largest absolute Gasteiger partial charge is 0.444 e. The first-order valence-corrected chi connectivity index (χ1v) is 7.00. The molecule has 0 aliphatic rings. The second-order valence-corrected chi connectivity index (χ2v) is 6.26. The number of rotatable bonds is 4. The Balaban J connectivity index is 2.59. The van der Waals surface area contributed by atoms with Crippen LogP contribution >= 0.6 is 0 Å². The number of benzene rings is 1. The maximum atomic E-state index is 11.5. The summed E-state index contributed by atoms with van der Waals surface area (Å²) in [6, 6.07) is 5.60. The van der Waals surface area contributed by atoms with E-state index in [0.717, 1.165) is 11.1 Å². The van der Waals surface area contributed by atoms with Gasteiger partial charge in [-0.3, -0.25) is 0 Å². The van der Waals surface area contributed by atoms with Gasteiger partial charge in [0.25, 0.3) is 0 Å². The van der Waals surface area contributed by atoms with Gasteiger partial charge in [0.1, 0.15) is 17.8 Å². The first-order chi connectivity index (χ1) is 9.60. The highest BCUT2D eigenvalue weighted by molar-refractivity contribution is 5.67. The van der Waals surface area contributed by atoms with Gasteiger partial charge in [0.05, 0.1) is 0 Å². The van der Waals surface area contributed by atoms with Crippen LogP contribution in [0.2, 0.25) is 0 Å². The summed E-state index contributed by atoms with van der Waals surface area (Å²) in [5.74, 6) is 0. The van der Waals surface area contributed by atoms with Crippen molar-refractivity contribution in [3.8, 4) is 0 Å². The molecule has 2 unspecified atom stereocenters. The molecule has 1 aromatic rings. The molecular formula is C16H25NO4. The first-order valence-electron chi connectivity index (χ1n) is 7.00. The lowest BCUT2D eigenvalue weighted by molar-refractivity contribution is 0.0126. The van der Waals surface area contributed by atoms with E-state index in [4.69, 9.17) is 4.74 Å². The molecular weight excluding hydrogens is 270 g/mol. The number of aliphatic hydroxyl groups excluding tert-OH is 2. The number of hydrogen-bond donors (Lipinski definition) is 3. The number of aryl methyl sites for hydroxylation is 2. The summed E-state index contributed by atoms with van der Waals surface area (Å²) < 4.78 is 5.07.